The average molecular weight is 442 g/mol. The van der Waals surface area contributed by atoms with Crippen LogP contribution >= 0.6 is 0 Å². The number of likely N-dealkylation sites (tertiary alicyclic amines) is 1. The van der Waals surface area contributed by atoms with Gasteiger partial charge in [0.1, 0.15) is 11.9 Å². The van der Waals surface area contributed by atoms with E-state index in [2.05, 4.69) is 35.8 Å². The lowest BCUT2D eigenvalue weighted by Crippen LogP contribution is -2.47. The van der Waals surface area contributed by atoms with E-state index in [1.807, 2.05) is 6.07 Å². The molecule has 168 valence electrons. The number of fused-ring (bicyclic) bond motifs is 1. The lowest BCUT2D eigenvalue weighted by molar-refractivity contribution is 0.195. The second-order valence-corrected chi connectivity index (χ2v) is 8.35. The zero-order valence-corrected chi connectivity index (χ0v) is 17.4. The van der Waals surface area contributed by atoms with Crippen molar-refractivity contribution >= 4 is 22.9 Å². The van der Waals surface area contributed by atoms with E-state index in [0.29, 0.717) is 36.6 Å². The molecule has 0 unspecified atom stereocenters. The molecule has 1 saturated heterocycles. The van der Waals surface area contributed by atoms with Crippen molar-refractivity contribution in [3.8, 4) is 11.5 Å². The van der Waals surface area contributed by atoms with Crippen LogP contribution in [-0.4, -0.2) is 67.4 Å². The zero-order valence-electron chi connectivity index (χ0n) is 17.4. The van der Waals surface area contributed by atoms with Crippen LogP contribution < -0.4 is 10.6 Å². The molecule has 3 atom stereocenters. The molecule has 2 fully saturated rings. The van der Waals surface area contributed by atoms with E-state index < -0.39 is 12.0 Å². The number of rotatable bonds is 4. The Hall–Kier alpha value is -3.37. The van der Waals surface area contributed by atoms with Crippen LogP contribution in [0.3, 0.4) is 0 Å². The van der Waals surface area contributed by atoms with Crippen molar-refractivity contribution in [1.82, 2.24) is 35.4 Å². The summed E-state index contributed by atoms with van der Waals surface area (Å²) < 4.78 is 27.9. The first-order chi connectivity index (χ1) is 15.6. The van der Waals surface area contributed by atoms with Gasteiger partial charge in [0.2, 0.25) is 0 Å². The van der Waals surface area contributed by atoms with Crippen LogP contribution in [0.1, 0.15) is 32.1 Å². The number of hydrogen-bond donors (Lipinski definition) is 3. The Morgan fingerprint density at radius 3 is 2.94 bits per heavy atom. The first-order valence-electron chi connectivity index (χ1n) is 10.8. The fourth-order valence-corrected chi connectivity index (χ4v) is 4.42. The van der Waals surface area contributed by atoms with Gasteiger partial charge in [-0.15, -0.1) is 0 Å². The molecule has 0 spiro atoms. The van der Waals surface area contributed by atoms with E-state index in [9.17, 15) is 13.6 Å². The number of H-pyrrole nitrogens is 1. The standard InChI is InChI=1S/C21H24F2N8O/c22-12-6-8-31(11-12)21(32)27-14-4-1-3-13(9-14)26-19-16(23)10-25-20(28-19)17-15-5-2-7-24-18(15)30-29-17/h2,5,7,10,12-14H,1,3-4,6,8-9,11H2,(H,27,32)(H,24,29,30)(H,25,26,28)/t12-,13-,14+/m0/s1. The van der Waals surface area contributed by atoms with Gasteiger partial charge in [-0.05, 0) is 44.2 Å². The van der Waals surface area contributed by atoms with Crippen LogP contribution in [0.2, 0.25) is 0 Å². The molecule has 3 N–H and O–H groups in total. The Kier molecular flexibility index (Phi) is 5.54. The van der Waals surface area contributed by atoms with E-state index in [4.69, 9.17) is 0 Å². The minimum Gasteiger partial charge on any atom is -0.365 e. The first kappa shape index (κ1) is 20.5. The molecule has 32 heavy (non-hydrogen) atoms. The number of aromatic nitrogens is 5. The molecule has 0 radical (unpaired) electrons. The topological polar surface area (TPSA) is 112 Å². The predicted molar refractivity (Wildman–Crippen MR) is 114 cm³/mol. The van der Waals surface area contributed by atoms with Crippen LogP contribution in [0.5, 0.6) is 0 Å². The van der Waals surface area contributed by atoms with Gasteiger partial charge in [0.15, 0.2) is 23.1 Å². The number of carbonyl (C=O) groups is 1. The van der Waals surface area contributed by atoms with Gasteiger partial charge in [0, 0.05) is 30.2 Å². The Bertz CT molecular complexity index is 1120. The number of hydrogen-bond acceptors (Lipinski definition) is 6. The normalized spacial score (nSPS) is 23.4. The third-order valence-corrected chi connectivity index (χ3v) is 6.06. The number of halogens is 2. The Labute approximate surface area is 183 Å². The average Bonchev–Trinajstić information content (AvgIpc) is 3.42. The predicted octanol–water partition coefficient (Wildman–Crippen LogP) is 3.03. The molecular weight excluding hydrogens is 418 g/mol. The summed E-state index contributed by atoms with van der Waals surface area (Å²) in [6.45, 7) is 0.584. The highest BCUT2D eigenvalue weighted by molar-refractivity contribution is 5.88. The van der Waals surface area contributed by atoms with Gasteiger partial charge in [-0.1, -0.05) is 0 Å². The van der Waals surface area contributed by atoms with Crippen LogP contribution in [0, 0.1) is 5.82 Å². The van der Waals surface area contributed by atoms with E-state index in [1.54, 1.807) is 12.3 Å². The van der Waals surface area contributed by atoms with Gasteiger partial charge in [0.05, 0.1) is 12.7 Å². The quantitative estimate of drug-likeness (QED) is 0.573. The molecule has 3 aromatic heterocycles. The Balaban J connectivity index is 1.27. The molecule has 0 bridgehead atoms. The lowest BCUT2D eigenvalue weighted by atomic mass is 9.91. The molecule has 4 heterocycles. The zero-order chi connectivity index (χ0) is 22.1. The number of aromatic amines is 1. The molecule has 5 rings (SSSR count). The Morgan fingerprint density at radius 2 is 2.09 bits per heavy atom. The number of carbonyl (C=O) groups excluding carboxylic acids is 1. The summed E-state index contributed by atoms with van der Waals surface area (Å²) in [5, 5.41) is 13.9. The number of nitrogens with zero attached hydrogens (tertiary/aromatic N) is 5. The molecule has 1 aliphatic heterocycles. The maximum atomic E-state index is 14.5. The number of alkyl halides is 1. The number of nitrogens with one attached hydrogen (secondary N) is 3. The van der Waals surface area contributed by atoms with Gasteiger partial charge in [0.25, 0.3) is 0 Å². The smallest absolute Gasteiger partial charge is 0.317 e. The van der Waals surface area contributed by atoms with Crippen LogP contribution in [0.4, 0.5) is 19.4 Å². The second-order valence-electron chi connectivity index (χ2n) is 8.35. The highest BCUT2D eigenvalue weighted by Crippen LogP contribution is 2.26. The third-order valence-electron chi connectivity index (χ3n) is 6.06. The van der Waals surface area contributed by atoms with Gasteiger partial charge in [-0.2, -0.15) is 5.10 Å². The SMILES string of the molecule is O=C(N[C@@H]1CCC[C@H](Nc2nc(-c3[nH]nc4ncccc34)ncc2F)C1)N1CC[C@H](F)C1. The van der Waals surface area contributed by atoms with Crippen molar-refractivity contribution in [3.63, 3.8) is 0 Å². The molecule has 2 amide bonds. The fourth-order valence-electron chi connectivity index (χ4n) is 4.42. The van der Waals surface area contributed by atoms with Gasteiger partial charge >= 0.3 is 6.03 Å². The van der Waals surface area contributed by atoms with E-state index in [0.717, 1.165) is 30.8 Å². The summed E-state index contributed by atoms with van der Waals surface area (Å²) in [5.41, 5.74) is 1.11. The van der Waals surface area contributed by atoms with Crippen molar-refractivity contribution in [2.24, 2.45) is 0 Å². The van der Waals surface area contributed by atoms with Gasteiger partial charge in [-0.3, -0.25) is 5.10 Å². The van der Waals surface area contributed by atoms with Crippen LogP contribution in [0.25, 0.3) is 22.6 Å². The molecule has 1 aliphatic carbocycles. The maximum Gasteiger partial charge on any atom is 0.317 e. The first-order valence-corrected chi connectivity index (χ1v) is 10.8. The largest absolute Gasteiger partial charge is 0.365 e. The molecular formula is C21H24F2N8O. The molecule has 3 aromatic rings. The van der Waals surface area contributed by atoms with E-state index in [-0.39, 0.29) is 30.5 Å². The summed E-state index contributed by atoms with van der Waals surface area (Å²) in [7, 11) is 0. The van der Waals surface area contributed by atoms with Crippen molar-refractivity contribution < 1.29 is 13.6 Å². The minimum atomic E-state index is -0.945. The van der Waals surface area contributed by atoms with Crippen molar-refractivity contribution in [1.29, 1.82) is 0 Å². The van der Waals surface area contributed by atoms with Gasteiger partial charge in [-0.25, -0.2) is 28.5 Å². The van der Waals surface area contributed by atoms with Crippen LogP contribution in [0.15, 0.2) is 24.5 Å². The number of urea groups is 1. The third kappa shape index (κ3) is 4.19. The minimum absolute atomic E-state index is 0.0561. The second kappa shape index (κ2) is 8.64. The highest BCUT2D eigenvalue weighted by Gasteiger charge is 2.29. The van der Waals surface area contributed by atoms with Crippen LogP contribution in [-0.2, 0) is 0 Å². The molecule has 9 nitrogen and oxygen atoms in total. The van der Waals surface area contributed by atoms with Gasteiger partial charge < -0.3 is 15.5 Å². The summed E-state index contributed by atoms with van der Waals surface area (Å²) >= 11 is 0. The number of pyridine rings is 1. The summed E-state index contributed by atoms with van der Waals surface area (Å²) in [4.78, 5) is 26.6. The molecule has 2 aliphatic rings. The van der Waals surface area contributed by atoms with E-state index >= 15 is 0 Å². The lowest BCUT2D eigenvalue weighted by Gasteiger charge is -2.31. The fraction of sp³-hybridized carbons (Fsp3) is 0.476. The molecule has 0 aromatic carbocycles. The molecule has 1 saturated carbocycles. The summed E-state index contributed by atoms with van der Waals surface area (Å²) in [5.74, 6) is -0.119. The van der Waals surface area contributed by atoms with Crippen molar-refractivity contribution in [2.45, 2.75) is 50.4 Å². The van der Waals surface area contributed by atoms with E-state index in [1.165, 1.54) is 4.90 Å². The molecule has 11 heteroatoms. The summed E-state index contributed by atoms with van der Waals surface area (Å²) in [6, 6.07) is 3.29. The summed E-state index contributed by atoms with van der Waals surface area (Å²) in [6.07, 6.45) is 5.40. The number of amides is 2. The highest BCUT2D eigenvalue weighted by atomic mass is 19.1. The van der Waals surface area contributed by atoms with Crippen molar-refractivity contribution in [2.75, 3.05) is 18.4 Å². The maximum absolute atomic E-state index is 14.5. The Morgan fingerprint density at radius 1 is 1.22 bits per heavy atom. The van der Waals surface area contributed by atoms with Crippen molar-refractivity contribution in [3.05, 3.63) is 30.3 Å². The monoisotopic (exact) mass is 442 g/mol. The number of anilines is 1.